The van der Waals surface area contributed by atoms with Gasteiger partial charge in [-0.2, -0.15) is 0 Å². The lowest BCUT2D eigenvalue weighted by Gasteiger charge is -2.22. The van der Waals surface area contributed by atoms with Gasteiger partial charge < -0.3 is 16.2 Å². The van der Waals surface area contributed by atoms with Gasteiger partial charge in [-0.15, -0.1) is 0 Å². The molecule has 1 aliphatic rings. The van der Waals surface area contributed by atoms with E-state index in [4.69, 9.17) is 10.5 Å². The number of hydrogen-bond donors (Lipinski definition) is 2. The normalized spacial score (nSPS) is 15.1. The Morgan fingerprint density at radius 3 is 2.67 bits per heavy atom. The summed E-state index contributed by atoms with van der Waals surface area (Å²) in [7, 11) is 1.50. The summed E-state index contributed by atoms with van der Waals surface area (Å²) in [4.78, 5) is 3.65. The number of hydrogen-bond acceptors (Lipinski definition) is 4. The third kappa shape index (κ3) is 5.39. The van der Waals surface area contributed by atoms with Crippen LogP contribution >= 0.6 is 0 Å². The lowest BCUT2D eigenvalue weighted by Crippen LogP contribution is -2.09. The molecule has 1 aliphatic carbocycles. The molecule has 114 valence electrons. The average molecular weight is 291 g/mol. The number of nitrogen functional groups attached to an aromatic ring is 1. The summed E-state index contributed by atoms with van der Waals surface area (Å²) in [5, 5.41) is 0. The van der Waals surface area contributed by atoms with Gasteiger partial charge in [0, 0.05) is 12.3 Å². The van der Waals surface area contributed by atoms with E-state index >= 15 is 0 Å². The Kier molecular flexibility index (Phi) is 7.18. The zero-order valence-electron chi connectivity index (χ0n) is 12.3. The molecule has 4 N–H and O–H groups in total. The molecule has 0 unspecified atom stereocenters. The van der Waals surface area contributed by atoms with Crippen LogP contribution < -0.4 is 16.2 Å². The number of ether oxygens (including phenoxy) is 1. The lowest BCUT2D eigenvalue weighted by atomic mass is 9.85. The van der Waals surface area contributed by atoms with Gasteiger partial charge in [0.15, 0.2) is 0 Å². The summed E-state index contributed by atoms with van der Waals surface area (Å²) in [5.41, 5.74) is 10.0. The molecule has 1 aromatic carbocycles. The third-order valence-corrected chi connectivity index (χ3v) is 3.10. The standard InChI is InChI=1S/C15H17FN2O.CH5N/c1-18-8-7-13(9-11-3-2-4-11)19-12-5-6-15(17)14(16)10-12;1-2/h5-11H,1-4,17H2;2H2,1H3/b8-7-,13-9+;. The number of halogens is 1. The highest BCUT2D eigenvalue weighted by Gasteiger charge is 2.16. The van der Waals surface area contributed by atoms with E-state index < -0.39 is 5.82 Å². The molecule has 0 radical (unpaired) electrons. The third-order valence-electron chi connectivity index (χ3n) is 3.10. The second-order valence-corrected chi connectivity index (χ2v) is 4.54. The number of nitrogens with two attached hydrogens (primary N) is 2. The molecular formula is C16H22FN3O. The van der Waals surface area contributed by atoms with Crippen molar-refractivity contribution in [2.24, 2.45) is 16.6 Å². The number of allylic oxidation sites excluding steroid dienone is 2. The molecule has 0 heterocycles. The fourth-order valence-corrected chi connectivity index (χ4v) is 1.80. The summed E-state index contributed by atoms with van der Waals surface area (Å²) in [6.07, 6.45) is 8.89. The number of anilines is 1. The fourth-order valence-electron chi connectivity index (χ4n) is 1.80. The van der Waals surface area contributed by atoms with Crippen LogP contribution in [0.2, 0.25) is 0 Å². The molecule has 0 spiro atoms. The van der Waals surface area contributed by atoms with Crippen LogP contribution in [0, 0.1) is 11.7 Å². The minimum atomic E-state index is -0.480. The predicted molar refractivity (Wildman–Crippen MR) is 85.7 cm³/mol. The van der Waals surface area contributed by atoms with Crippen molar-refractivity contribution in [2.45, 2.75) is 19.3 Å². The van der Waals surface area contributed by atoms with Gasteiger partial charge >= 0.3 is 0 Å². The Hall–Kier alpha value is -2.14. The summed E-state index contributed by atoms with van der Waals surface area (Å²) >= 11 is 0. The first-order valence-corrected chi connectivity index (χ1v) is 6.84. The van der Waals surface area contributed by atoms with Gasteiger partial charge in [0.25, 0.3) is 0 Å². The van der Waals surface area contributed by atoms with Crippen LogP contribution in [-0.4, -0.2) is 13.8 Å². The van der Waals surface area contributed by atoms with Gasteiger partial charge in [-0.25, -0.2) is 4.39 Å². The van der Waals surface area contributed by atoms with E-state index in [1.54, 1.807) is 18.3 Å². The van der Waals surface area contributed by atoms with E-state index in [9.17, 15) is 4.39 Å². The first kappa shape index (κ1) is 16.9. The van der Waals surface area contributed by atoms with Crippen molar-refractivity contribution in [2.75, 3.05) is 12.8 Å². The molecular weight excluding hydrogens is 269 g/mol. The van der Waals surface area contributed by atoms with Gasteiger partial charge in [-0.1, -0.05) is 6.42 Å². The maximum atomic E-state index is 13.4. The Morgan fingerprint density at radius 2 is 2.14 bits per heavy atom. The predicted octanol–water partition coefficient (Wildman–Crippen LogP) is 3.26. The van der Waals surface area contributed by atoms with Crippen molar-refractivity contribution in [3.8, 4) is 5.75 Å². The molecule has 1 saturated carbocycles. The van der Waals surface area contributed by atoms with Crippen molar-refractivity contribution in [1.29, 1.82) is 0 Å². The van der Waals surface area contributed by atoms with Gasteiger partial charge in [0.2, 0.25) is 0 Å². The monoisotopic (exact) mass is 291 g/mol. The Labute approximate surface area is 125 Å². The summed E-state index contributed by atoms with van der Waals surface area (Å²) in [6, 6.07) is 4.41. The Bertz CT molecular complexity index is 522. The molecule has 1 fully saturated rings. The van der Waals surface area contributed by atoms with Crippen LogP contribution in [0.4, 0.5) is 10.1 Å². The van der Waals surface area contributed by atoms with Crippen molar-refractivity contribution >= 4 is 12.4 Å². The number of nitrogens with zero attached hydrogens (tertiary/aromatic N) is 1. The smallest absolute Gasteiger partial charge is 0.149 e. The molecule has 5 heteroatoms. The highest BCUT2D eigenvalue weighted by molar-refractivity contribution is 5.44. The highest BCUT2D eigenvalue weighted by atomic mass is 19.1. The molecule has 0 aromatic heterocycles. The summed E-state index contributed by atoms with van der Waals surface area (Å²) < 4.78 is 19.0. The summed E-state index contributed by atoms with van der Waals surface area (Å²) in [5.74, 6) is 1.13. The molecule has 0 bridgehead atoms. The fraction of sp³-hybridized carbons (Fsp3) is 0.312. The maximum absolute atomic E-state index is 13.4. The van der Waals surface area contributed by atoms with E-state index in [0.717, 1.165) is 12.8 Å². The SMILES string of the molecule is C=N/C=C\C(=C/C1CCC1)Oc1ccc(N)c(F)c1.CN. The maximum Gasteiger partial charge on any atom is 0.149 e. The van der Waals surface area contributed by atoms with Crippen molar-refractivity contribution in [3.05, 3.63) is 48.1 Å². The van der Waals surface area contributed by atoms with Crippen molar-refractivity contribution < 1.29 is 9.13 Å². The number of aliphatic imine (C=N–C) groups is 1. The molecule has 2 rings (SSSR count). The van der Waals surface area contributed by atoms with Gasteiger partial charge in [-0.3, -0.25) is 4.99 Å². The highest BCUT2D eigenvalue weighted by Crippen LogP contribution is 2.29. The summed E-state index contributed by atoms with van der Waals surface area (Å²) in [6.45, 7) is 3.38. The minimum absolute atomic E-state index is 0.111. The Morgan fingerprint density at radius 1 is 1.43 bits per heavy atom. The van der Waals surface area contributed by atoms with E-state index in [-0.39, 0.29) is 5.69 Å². The van der Waals surface area contributed by atoms with Gasteiger partial charge in [0.05, 0.1) is 5.69 Å². The first-order valence-electron chi connectivity index (χ1n) is 6.84. The van der Waals surface area contributed by atoms with Crippen LogP contribution in [0.3, 0.4) is 0 Å². The molecule has 0 saturated heterocycles. The molecule has 0 amide bonds. The first-order chi connectivity index (χ1) is 10.2. The topological polar surface area (TPSA) is 73.6 Å². The zero-order valence-corrected chi connectivity index (χ0v) is 12.3. The minimum Gasteiger partial charge on any atom is -0.458 e. The zero-order chi connectivity index (χ0) is 15.7. The number of rotatable bonds is 5. The van der Waals surface area contributed by atoms with Crippen LogP contribution in [0.5, 0.6) is 5.75 Å². The van der Waals surface area contributed by atoms with E-state index in [1.807, 2.05) is 6.08 Å². The second kappa shape index (κ2) is 8.92. The van der Waals surface area contributed by atoms with Crippen LogP contribution in [0.1, 0.15) is 19.3 Å². The van der Waals surface area contributed by atoms with E-state index in [2.05, 4.69) is 17.4 Å². The van der Waals surface area contributed by atoms with Crippen LogP contribution in [-0.2, 0) is 0 Å². The number of benzene rings is 1. The van der Waals surface area contributed by atoms with Gasteiger partial charge in [0.1, 0.15) is 17.3 Å². The Balaban J connectivity index is 0.00000106. The van der Waals surface area contributed by atoms with E-state index in [1.165, 1.54) is 25.6 Å². The van der Waals surface area contributed by atoms with Crippen LogP contribution in [0.25, 0.3) is 0 Å². The average Bonchev–Trinajstić information content (AvgIpc) is 2.46. The van der Waals surface area contributed by atoms with Gasteiger partial charge in [-0.05, 0) is 56.8 Å². The van der Waals surface area contributed by atoms with Crippen molar-refractivity contribution in [3.63, 3.8) is 0 Å². The molecule has 0 atom stereocenters. The molecule has 1 aromatic rings. The largest absolute Gasteiger partial charge is 0.458 e. The molecule has 4 nitrogen and oxygen atoms in total. The molecule has 0 aliphatic heterocycles. The lowest BCUT2D eigenvalue weighted by molar-refractivity contribution is 0.366. The second-order valence-electron chi connectivity index (χ2n) is 4.54. The quantitative estimate of drug-likeness (QED) is 0.378. The van der Waals surface area contributed by atoms with Crippen LogP contribution in [0.15, 0.2) is 47.3 Å². The van der Waals surface area contributed by atoms with E-state index in [0.29, 0.717) is 17.4 Å². The molecule has 21 heavy (non-hydrogen) atoms. The van der Waals surface area contributed by atoms with Crippen molar-refractivity contribution in [1.82, 2.24) is 0 Å².